The molecule has 2 nitrogen and oxygen atoms in total. The van der Waals surface area contributed by atoms with Crippen LogP contribution in [-0.4, -0.2) is 11.0 Å². The Morgan fingerprint density at radius 3 is 2.43 bits per heavy atom. The van der Waals surface area contributed by atoms with Crippen LogP contribution >= 0.6 is 11.3 Å². The van der Waals surface area contributed by atoms with Crippen molar-refractivity contribution in [1.82, 2.24) is 4.98 Å². The monoisotopic (exact) mass is 302 g/mol. The summed E-state index contributed by atoms with van der Waals surface area (Å²) in [5.41, 5.74) is 10.2. The SMILES string of the molecule is Cc1ccc(CCC(N)Cc2nc(C(C)(C)C)cs2)cc1. The van der Waals surface area contributed by atoms with Crippen LogP contribution < -0.4 is 5.73 Å². The Labute approximate surface area is 132 Å². The third kappa shape index (κ3) is 4.94. The van der Waals surface area contributed by atoms with Gasteiger partial charge < -0.3 is 5.73 Å². The molecule has 0 bridgehead atoms. The molecule has 0 aliphatic carbocycles. The quantitative estimate of drug-likeness (QED) is 0.896. The Balaban J connectivity index is 1.85. The smallest absolute Gasteiger partial charge is 0.0943 e. The lowest BCUT2D eigenvalue weighted by Crippen LogP contribution is -2.23. The van der Waals surface area contributed by atoms with Gasteiger partial charge in [0.1, 0.15) is 0 Å². The predicted octanol–water partition coefficient (Wildman–Crippen LogP) is 4.25. The number of rotatable bonds is 5. The highest BCUT2D eigenvalue weighted by Gasteiger charge is 2.18. The molecule has 0 saturated heterocycles. The highest BCUT2D eigenvalue weighted by Crippen LogP contribution is 2.24. The number of hydrogen-bond donors (Lipinski definition) is 1. The highest BCUT2D eigenvalue weighted by molar-refractivity contribution is 7.09. The van der Waals surface area contributed by atoms with Crippen molar-refractivity contribution >= 4 is 11.3 Å². The molecule has 2 rings (SSSR count). The van der Waals surface area contributed by atoms with Gasteiger partial charge in [0.25, 0.3) is 0 Å². The normalized spacial score (nSPS) is 13.4. The fraction of sp³-hybridized carbons (Fsp3) is 0.500. The van der Waals surface area contributed by atoms with Gasteiger partial charge in [0.15, 0.2) is 0 Å². The van der Waals surface area contributed by atoms with Crippen LogP contribution in [0.2, 0.25) is 0 Å². The van der Waals surface area contributed by atoms with Gasteiger partial charge in [0.05, 0.1) is 10.7 Å². The Hall–Kier alpha value is -1.19. The number of nitrogens with two attached hydrogens (primary N) is 1. The second kappa shape index (κ2) is 6.71. The molecule has 1 aromatic heterocycles. The van der Waals surface area contributed by atoms with Crippen molar-refractivity contribution < 1.29 is 0 Å². The summed E-state index contributed by atoms with van der Waals surface area (Å²) in [7, 11) is 0. The van der Waals surface area contributed by atoms with Crippen LogP contribution in [0.4, 0.5) is 0 Å². The predicted molar refractivity (Wildman–Crippen MR) is 92.0 cm³/mol. The van der Waals surface area contributed by atoms with E-state index in [1.807, 2.05) is 0 Å². The summed E-state index contributed by atoms with van der Waals surface area (Å²) in [6.45, 7) is 8.71. The van der Waals surface area contributed by atoms with E-state index in [0.717, 1.165) is 24.3 Å². The van der Waals surface area contributed by atoms with E-state index in [0.29, 0.717) is 0 Å². The maximum Gasteiger partial charge on any atom is 0.0943 e. The minimum absolute atomic E-state index is 0.126. The zero-order valence-corrected chi connectivity index (χ0v) is 14.3. The minimum atomic E-state index is 0.126. The molecule has 0 radical (unpaired) electrons. The molecule has 0 spiro atoms. The summed E-state index contributed by atoms with van der Waals surface area (Å²) in [5, 5.41) is 3.33. The fourth-order valence-corrected chi connectivity index (χ4v) is 3.30. The van der Waals surface area contributed by atoms with Gasteiger partial charge in [-0.2, -0.15) is 0 Å². The Morgan fingerprint density at radius 2 is 1.86 bits per heavy atom. The molecule has 2 aromatic rings. The van der Waals surface area contributed by atoms with Crippen LogP contribution in [0, 0.1) is 6.92 Å². The van der Waals surface area contributed by atoms with E-state index >= 15 is 0 Å². The summed E-state index contributed by atoms with van der Waals surface area (Å²) >= 11 is 1.74. The molecule has 1 heterocycles. The van der Waals surface area contributed by atoms with Crippen LogP contribution in [0.3, 0.4) is 0 Å². The summed E-state index contributed by atoms with van der Waals surface area (Å²) in [6.07, 6.45) is 2.93. The Bertz CT molecular complexity index is 564. The molecule has 0 amide bonds. The maximum absolute atomic E-state index is 6.27. The molecule has 0 fully saturated rings. The number of aryl methyl sites for hydroxylation is 2. The average Bonchev–Trinajstić information content (AvgIpc) is 2.86. The molecule has 1 aromatic carbocycles. The van der Waals surface area contributed by atoms with Crippen molar-refractivity contribution in [3.8, 4) is 0 Å². The molecule has 1 unspecified atom stereocenters. The highest BCUT2D eigenvalue weighted by atomic mass is 32.1. The largest absolute Gasteiger partial charge is 0.327 e. The lowest BCUT2D eigenvalue weighted by atomic mass is 9.93. The van der Waals surface area contributed by atoms with E-state index in [2.05, 4.69) is 57.3 Å². The maximum atomic E-state index is 6.27. The van der Waals surface area contributed by atoms with Gasteiger partial charge in [-0.1, -0.05) is 50.6 Å². The Kier molecular flexibility index (Phi) is 5.17. The van der Waals surface area contributed by atoms with E-state index in [1.54, 1.807) is 11.3 Å². The lowest BCUT2D eigenvalue weighted by Gasteiger charge is -2.14. The van der Waals surface area contributed by atoms with E-state index in [1.165, 1.54) is 16.8 Å². The molecule has 21 heavy (non-hydrogen) atoms. The van der Waals surface area contributed by atoms with Crippen molar-refractivity contribution in [3.63, 3.8) is 0 Å². The number of hydrogen-bond acceptors (Lipinski definition) is 3. The second-order valence-electron chi connectivity index (χ2n) is 6.86. The minimum Gasteiger partial charge on any atom is -0.327 e. The molecule has 0 saturated carbocycles. The average molecular weight is 302 g/mol. The van der Waals surface area contributed by atoms with E-state index < -0.39 is 0 Å². The summed E-state index contributed by atoms with van der Waals surface area (Å²) in [5.74, 6) is 0. The third-order valence-electron chi connectivity index (χ3n) is 3.68. The molecular formula is C18H26N2S. The summed E-state index contributed by atoms with van der Waals surface area (Å²) in [6, 6.07) is 8.91. The van der Waals surface area contributed by atoms with E-state index in [9.17, 15) is 0 Å². The second-order valence-corrected chi connectivity index (χ2v) is 7.81. The first-order chi connectivity index (χ1) is 9.84. The molecule has 2 N–H and O–H groups in total. The van der Waals surface area contributed by atoms with Crippen LogP contribution in [0.25, 0.3) is 0 Å². The zero-order valence-electron chi connectivity index (χ0n) is 13.5. The first-order valence-electron chi connectivity index (χ1n) is 7.60. The van der Waals surface area contributed by atoms with E-state index in [4.69, 9.17) is 10.7 Å². The van der Waals surface area contributed by atoms with Crippen molar-refractivity contribution in [2.24, 2.45) is 5.73 Å². The van der Waals surface area contributed by atoms with Gasteiger partial charge in [0.2, 0.25) is 0 Å². The standard InChI is InChI=1S/C18H26N2S/c1-13-5-7-14(8-6-13)9-10-15(19)11-17-20-16(12-21-17)18(2,3)4/h5-8,12,15H,9-11,19H2,1-4H3. The van der Waals surface area contributed by atoms with Gasteiger partial charge in [-0.25, -0.2) is 4.98 Å². The number of benzene rings is 1. The summed E-state index contributed by atoms with van der Waals surface area (Å²) in [4.78, 5) is 4.73. The molecular weight excluding hydrogens is 276 g/mol. The van der Waals surface area contributed by atoms with Crippen LogP contribution in [0.1, 0.15) is 49.0 Å². The van der Waals surface area contributed by atoms with Gasteiger partial charge in [0, 0.05) is 23.3 Å². The first kappa shape index (κ1) is 16.2. The first-order valence-corrected chi connectivity index (χ1v) is 8.48. The number of nitrogens with zero attached hydrogens (tertiary/aromatic N) is 1. The number of aromatic nitrogens is 1. The fourth-order valence-electron chi connectivity index (χ4n) is 2.18. The van der Waals surface area contributed by atoms with Gasteiger partial charge in [-0.15, -0.1) is 11.3 Å². The Morgan fingerprint density at radius 1 is 1.19 bits per heavy atom. The molecule has 114 valence electrons. The molecule has 3 heteroatoms. The van der Waals surface area contributed by atoms with Crippen molar-refractivity contribution in [2.45, 2.75) is 58.4 Å². The zero-order chi connectivity index (χ0) is 15.5. The summed E-state index contributed by atoms with van der Waals surface area (Å²) < 4.78 is 0. The van der Waals surface area contributed by atoms with Gasteiger partial charge in [-0.05, 0) is 25.3 Å². The van der Waals surface area contributed by atoms with Gasteiger partial charge >= 0.3 is 0 Å². The number of thiazole rings is 1. The van der Waals surface area contributed by atoms with E-state index in [-0.39, 0.29) is 11.5 Å². The lowest BCUT2D eigenvalue weighted by molar-refractivity contribution is 0.564. The van der Waals surface area contributed by atoms with Gasteiger partial charge in [-0.3, -0.25) is 0 Å². The molecule has 0 aliphatic rings. The van der Waals surface area contributed by atoms with Crippen LogP contribution in [0.15, 0.2) is 29.6 Å². The van der Waals surface area contributed by atoms with Crippen LogP contribution in [0.5, 0.6) is 0 Å². The van der Waals surface area contributed by atoms with Crippen molar-refractivity contribution in [3.05, 3.63) is 51.5 Å². The third-order valence-corrected chi connectivity index (χ3v) is 4.55. The molecule has 0 aliphatic heterocycles. The molecule has 1 atom stereocenters. The van der Waals surface area contributed by atoms with Crippen molar-refractivity contribution in [2.75, 3.05) is 0 Å². The van der Waals surface area contributed by atoms with Crippen molar-refractivity contribution in [1.29, 1.82) is 0 Å². The topological polar surface area (TPSA) is 38.9 Å². The van der Waals surface area contributed by atoms with Crippen LogP contribution in [-0.2, 0) is 18.3 Å².